The first-order valence-electron chi connectivity index (χ1n) is 9.76. The van der Waals surface area contributed by atoms with Crippen LogP contribution in [0.1, 0.15) is 65.2 Å². The Morgan fingerprint density at radius 3 is 2.73 bits per heavy atom. The van der Waals surface area contributed by atoms with Gasteiger partial charge in [-0.1, -0.05) is 51.0 Å². The average Bonchev–Trinajstić information content (AvgIpc) is 2.86. The summed E-state index contributed by atoms with van der Waals surface area (Å²) in [5.74, 6) is -0.534. The molecule has 148 valence electrons. The van der Waals surface area contributed by atoms with Crippen LogP contribution >= 0.6 is 0 Å². The van der Waals surface area contributed by atoms with Crippen LogP contribution in [0.4, 0.5) is 4.39 Å². The molecule has 0 unspecified atom stereocenters. The molecule has 0 aliphatic heterocycles. The van der Waals surface area contributed by atoms with E-state index in [1.807, 2.05) is 32.1 Å². The zero-order chi connectivity index (χ0) is 19.5. The normalized spacial score (nSPS) is 26.0. The van der Waals surface area contributed by atoms with Crippen LogP contribution in [0.2, 0.25) is 0 Å². The fourth-order valence-corrected chi connectivity index (χ4v) is 3.49. The third kappa shape index (κ3) is 7.81. The van der Waals surface area contributed by atoms with Gasteiger partial charge in [0.1, 0.15) is 18.1 Å². The number of Topliss-reactive ketones (excluding diaryl/α,β-unsaturated/α-hetero) is 1. The van der Waals surface area contributed by atoms with E-state index in [0.29, 0.717) is 32.1 Å². The third-order valence-corrected chi connectivity index (χ3v) is 5.11. The zero-order valence-corrected chi connectivity index (χ0v) is 15.9. The number of carboxylic acid groups (broad SMARTS) is 1. The van der Waals surface area contributed by atoms with Gasteiger partial charge in [0.25, 0.3) is 0 Å². The largest absolute Gasteiger partial charge is 0.481 e. The first kappa shape index (κ1) is 22.6. The topological polar surface area (TPSA) is 74.6 Å². The standard InChI is InChI=1S/C21H33FO4/c1-3-4-10-18(22)19(23)13-12-16-15(2)14-20(24)17(16)9-7-5-6-8-11-21(25)26/h5,7,12-13,15-19,23H,3-4,6,8-11,14H2,1-2H3,(H,25,26)/b7-5-,13-12+/t15-,16+,17-,18+,19-/m1/s1. The number of unbranched alkanes of at least 4 members (excludes halogenated alkanes) is 2. The predicted molar refractivity (Wildman–Crippen MR) is 101 cm³/mol. The number of hydrogen-bond acceptors (Lipinski definition) is 3. The lowest BCUT2D eigenvalue weighted by atomic mass is 9.87. The lowest BCUT2D eigenvalue weighted by molar-refractivity contribution is -0.137. The number of halogens is 1. The van der Waals surface area contributed by atoms with Crippen molar-refractivity contribution in [3.63, 3.8) is 0 Å². The minimum atomic E-state index is -1.26. The number of allylic oxidation sites excluding steroid dienone is 3. The minimum absolute atomic E-state index is 0.0131. The second kappa shape index (κ2) is 12.0. The van der Waals surface area contributed by atoms with E-state index in [4.69, 9.17) is 5.11 Å². The van der Waals surface area contributed by atoms with Gasteiger partial charge >= 0.3 is 5.97 Å². The molecule has 0 amide bonds. The molecule has 0 aromatic carbocycles. The van der Waals surface area contributed by atoms with Crippen molar-refractivity contribution in [1.29, 1.82) is 0 Å². The smallest absolute Gasteiger partial charge is 0.303 e. The Labute approximate surface area is 156 Å². The van der Waals surface area contributed by atoms with E-state index < -0.39 is 18.2 Å². The molecule has 0 radical (unpaired) electrons. The fraction of sp³-hybridized carbons (Fsp3) is 0.714. The van der Waals surface area contributed by atoms with E-state index in [9.17, 15) is 19.1 Å². The van der Waals surface area contributed by atoms with E-state index in [1.54, 1.807) is 0 Å². The monoisotopic (exact) mass is 368 g/mol. The van der Waals surface area contributed by atoms with Gasteiger partial charge in [-0.05, 0) is 37.5 Å². The van der Waals surface area contributed by atoms with Gasteiger partial charge in [-0.2, -0.15) is 0 Å². The molecule has 1 aliphatic rings. The highest BCUT2D eigenvalue weighted by Crippen LogP contribution is 2.37. The van der Waals surface area contributed by atoms with Gasteiger partial charge in [0.15, 0.2) is 0 Å². The van der Waals surface area contributed by atoms with E-state index in [2.05, 4.69) is 0 Å². The Morgan fingerprint density at radius 2 is 2.08 bits per heavy atom. The van der Waals surface area contributed by atoms with Crippen LogP contribution in [-0.2, 0) is 9.59 Å². The van der Waals surface area contributed by atoms with E-state index in [-0.39, 0.29) is 30.0 Å². The lowest BCUT2D eigenvalue weighted by Crippen LogP contribution is -2.21. The molecule has 0 aromatic heterocycles. The summed E-state index contributed by atoms with van der Waals surface area (Å²) in [6, 6.07) is 0. The highest BCUT2D eigenvalue weighted by Gasteiger charge is 2.37. The van der Waals surface area contributed by atoms with Gasteiger partial charge in [-0.3, -0.25) is 9.59 Å². The highest BCUT2D eigenvalue weighted by atomic mass is 19.1. The van der Waals surface area contributed by atoms with Crippen LogP contribution in [0.25, 0.3) is 0 Å². The molecule has 0 saturated heterocycles. The Hall–Kier alpha value is -1.49. The number of ketones is 1. The molecule has 4 nitrogen and oxygen atoms in total. The maximum atomic E-state index is 13.9. The minimum Gasteiger partial charge on any atom is -0.481 e. The number of rotatable bonds is 12. The Balaban J connectivity index is 2.55. The van der Waals surface area contributed by atoms with Crippen LogP contribution in [0, 0.1) is 17.8 Å². The number of aliphatic carboxylic acids is 1. The molecule has 1 rings (SSSR count). The Bertz CT molecular complexity index is 500. The summed E-state index contributed by atoms with van der Waals surface area (Å²) < 4.78 is 13.9. The number of carbonyl (C=O) groups excluding carboxylic acids is 1. The maximum absolute atomic E-state index is 13.9. The highest BCUT2D eigenvalue weighted by molar-refractivity contribution is 5.84. The molecule has 1 saturated carbocycles. The molecular formula is C21H33FO4. The van der Waals surface area contributed by atoms with Crippen molar-refractivity contribution in [3.05, 3.63) is 24.3 Å². The maximum Gasteiger partial charge on any atom is 0.303 e. The van der Waals surface area contributed by atoms with Gasteiger partial charge in [-0.25, -0.2) is 4.39 Å². The number of aliphatic hydroxyl groups is 1. The Morgan fingerprint density at radius 1 is 1.35 bits per heavy atom. The van der Waals surface area contributed by atoms with Crippen molar-refractivity contribution in [2.45, 2.75) is 77.5 Å². The van der Waals surface area contributed by atoms with Gasteiger partial charge < -0.3 is 10.2 Å². The zero-order valence-electron chi connectivity index (χ0n) is 15.9. The molecule has 1 fully saturated rings. The fourth-order valence-electron chi connectivity index (χ4n) is 3.49. The van der Waals surface area contributed by atoms with Crippen molar-refractivity contribution in [2.75, 3.05) is 0 Å². The van der Waals surface area contributed by atoms with E-state index in [1.165, 1.54) is 6.08 Å². The lowest BCUT2D eigenvalue weighted by Gasteiger charge is -2.18. The second-order valence-corrected chi connectivity index (χ2v) is 7.36. The van der Waals surface area contributed by atoms with Crippen LogP contribution in [0.15, 0.2) is 24.3 Å². The molecule has 5 atom stereocenters. The number of aliphatic hydroxyl groups excluding tert-OH is 1. The Kier molecular flexibility index (Phi) is 10.4. The molecule has 1 aliphatic carbocycles. The molecule has 26 heavy (non-hydrogen) atoms. The van der Waals surface area contributed by atoms with E-state index >= 15 is 0 Å². The quantitative estimate of drug-likeness (QED) is 0.393. The van der Waals surface area contributed by atoms with Crippen LogP contribution in [0.3, 0.4) is 0 Å². The molecule has 0 spiro atoms. The molecule has 5 heteroatoms. The second-order valence-electron chi connectivity index (χ2n) is 7.36. The van der Waals surface area contributed by atoms with Crippen molar-refractivity contribution in [3.8, 4) is 0 Å². The van der Waals surface area contributed by atoms with Gasteiger partial charge in [-0.15, -0.1) is 0 Å². The summed E-state index contributed by atoms with van der Waals surface area (Å²) in [7, 11) is 0. The number of alkyl halides is 1. The van der Waals surface area contributed by atoms with Crippen molar-refractivity contribution >= 4 is 11.8 Å². The summed E-state index contributed by atoms with van der Waals surface area (Å²) in [6.45, 7) is 4.00. The van der Waals surface area contributed by atoms with Crippen LogP contribution in [0.5, 0.6) is 0 Å². The predicted octanol–water partition coefficient (Wildman–Crippen LogP) is 4.47. The van der Waals surface area contributed by atoms with Crippen LogP contribution in [-0.4, -0.2) is 34.2 Å². The molecule has 2 N–H and O–H groups in total. The first-order chi connectivity index (χ1) is 12.4. The number of carbonyl (C=O) groups is 2. The number of carboxylic acids is 1. The van der Waals surface area contributed by atoms with E-state index in [0.717, 1.165) is 12.8 Å². The van der Waals surface area contributed by atoms with Gasteiger partial charge in [0, 0.05) is 18.8 Å². The first-order valence-corrected chi connectivity index (χ1v) is 9.76. The SMILES string of the molecule is CCCC[C@H](F)[C@H](O)/C=C/[C@H]1[C@H](C)CC(=O)[C@@H]1C/C=C\CCCC(=O)O. The molecule has 0 bridgehead atoms. The summed E-state index contributed by atoms with van der Waals surface area (Å²) in [5, 5.41) is 18.6. The average molecular weight is 368 g/mol. The summed E-state index contributed by atoms with van der Waals surface area (Å²) >= 11 is 0. The molecule has 0 aromatic rings. The van der Waals surface area contributed by atoms with Crippen molar-refractivity contribution in [2.24, 2.45) is 17.8 Å². The molecular weight excluding hydrogens is 335 g/mol. The summed E-state index contributed by atoms with van der Waals surface area (Å²) in [6.07, 6.45) is 9.37. The van der Waals surface area contributed by atoms with Gasteiger partial charge in [0.05, 0.1) is 0 Å². The van der Waals surface area contributed by atoms with Crippen molar-refractivity contribution < 1.29 is 24.2 Å². The van der Waals surface area contributed by atoms with Crippen molar-refractivity contribution in [1.82, 2.24) is 0 Å². The van der Waals surface area contributed by atoms with Crippen LogP contribution < -0.4 is 0 Å². The number of hydrogen-bond donors (Lipinski definition) is 2. The summed E-state index contributed by atoms with van der Waals surface area (Å²) in [5.41, 5.74) is 0. The van der Waals surface area contributed by atoms with Gasteiger partial charge in [0.2, 0.25) is 0 Å². The molecule has 0 heterocycles. The third-order valence-electron chi connectivity index (χ3n) is 5.11. The summed E-state index contributed by atoms with van der Waals surface area (Å²) in [4.78, 5) is 22.7.